The quantitative estimate of drug-likeness (QED) is 0.462. The highest BCUT2D eigenvalue weighted by Gasteiger charge is 2.04. The zero-order valence-electron chi connectivity index (χ0n) is 10.4. The fraction of sp³-hybridized carbons (Fsp3) is 0.333. The average molecular weight is 261 g/mol. The number of hydrogen-bond donors (Lipinski definition) is 1. The third kappa shape index (κ3) is 4.14. The van der Waals surface area contributed by atoms with Crippen LogP contribution in [0.1, 0.15) is 12.0 Å². The summed E-state index contributed by atoms with van der Waals surface area (Å²) in [6.07, 6.45) is 4.40. The van der Waals surface area contributed by atoms with Gasteiger partial charge in [-0.15, -0.1) is 5.10 Å². The van der Waals surface area contributed by atoms with Crippen molar-refractivity contribution in [2.75, 3.05) is 6.54 Å². The summed E-state index contributed by atoms with van der Waals surface area (Å²) in [5, 5.41) is 21.5. The van der Waals surface area contributed by atoms with Crippen LogP contribution >= 0.6 is 0 Å². The van der Waals surface area contributed by atoms with Crippen molar-refractivity contribution in [2.45, 2.75) is 19.5 Å². The number of rotatable bonds is 7. The normalized spacial score (nSPS) is 10.5. The van der Waals surface area contributed by atoms with Crippen LogP contribution in [0.15, 0.2) is 36.7 Å². The minimum atomic E-state index is -0.381. The molecule has 1 heterocycles. The lowest BCUT2D eigenvalue weighted by Gasteiger charge is -2.05. The van der Waals surface area contributed by atoms with Crippen LogP contribution in [0.25, 0.3) is 0 Å². The molecule has 100 valence electrons. The molecule has 0 aliphatic heterocycles. The molecule has 0 spiro atoms. The fourth-order valence-corrected chi connectivity index (χ4v) is 1.73. The van der Waals surface area contributed by atoms with E-state index >= 15 is 0 Å². The number of aromatic nitrogens is 3. The molecule has 0 aliphatic rings. The Bertz CT molecular complexity index is 527. The number of benzene rings is 1. The van der Waals surface area contributed by atoms with Gasteiger partial charge in [0.2, 0.25) is 0 Å². The van der Waals surface area contributed by atoms with Gasteiger partial charge < -0.3 is 5.32 Å². The van der Waals surface area contributed by atoms with Crippen LogP contribution in [0.2, 0.25) is 0 Å². The standard InChI is InChI=1S/C12H15N5O2/c18-17(19)12-4-1-3-11(9-12)10-13-5-2-7-16-8-6-14-15-16/h1,3-4,6,8-9,13H,2,5,7,10H2. The van der Waals surface area contributed by atoms with Crippen molar-refractivity contribution in [3.05, 3.63) is 52.3 Å². The number of non-ortho nitro benzene ring substituents is 1. The van der Waals surface area contributed by atoms with Crippen molar-refractivity contribution in [1.82, 2.24) is 20.3 Å². The molecular formula is C12H15N5O2. The minimum absolute atomic E-state index is 0.127. The van der Waals surface area contributed by atoms with E-state index in [1.807, 2.05) is 12.3 Å². The Kier molecular flexibility index (Phi) is 4.57. The third-order valence-corrected chi connectivity index (χ3v) is 2.66. The van der Waals surface area contributed by atoms with Crippen LogP contribution in [0.4, 0.5) is 5.69 Å². The van der Waals surface area contributed by atoms with Crippen LogP contribution in [0.3, 0.4) is 0 Å². The Morgan fingerprint density at radius 3 is 3.05 bits per heavy atom. The van der Waals surface area contributed by atoms with Gasteiger partial charge in [0.25, 0.3) is 5.69 Å². The summed E-state index contributed by atoms with van der Waals surface area (Å²) in [6.45, 7) is 2.25. The number of nitrogens with one attached hydrogen (secondary N) is 1. The van der Waals surface area contributed by atoms with Gasteiger partial charge in [0.1, 0.15) is 0 Å². The van der Waals surface area contributed by atoms with Gasteiger partial charge >= 0.3 is 0 Å². The van der Waals surface area contributed by atoms with E-state index in [9.17, 15) is 10.1 Å². The van der Waals surface area contributed by atoms with Gasteiger partial charge in [-0.05, 0) is 18.5 Å². The first-order chi connectivity index (χ1) is 9.25. The largest absolute Gasteiger partial charge is 0.313 e. The van der Waals surface area contributed by atoms with Crippen molar-refractivity contribution >= 4 is 5.69 Å². The predicted octanol–water partition coefficient (Wildman–Crippen LogP) is 1.37. The molecule has 0 saturated heterocycles. The maximum absolute atomic E-state index is 10.6. The molecule has 0 bridgehead atoms. The Morgan fingerprint density at radius 2 is 2.32 bits per heavy atom. The Labute approximate surface area is 110 Å². The van der Waals surface area contributed by atoms with Crippen LogP contribution in [-0.4, -0.2) is 26.5 Å². The molecule has 0 unspecified atom stereocenters. The van der Waals surface area contributed by atoms with E-state index in [0.717, 1.165) is 25.1 Å². The Morgan fingerprint density at radius 1 is 1.42 bits per heavy atom. The van der Waals surface area contributed by atoms with E-state index < -0.39 is 0 Å². The second-order valence-corrected chi connectivity index (χ2v) is 4.12. The lowest BCUT2D eigenvalue weighted by Crippen LogP contribution is -2.16. The number of hydrogen-bond acceptors (Lipinski definition) is 5. The molecule has 0 atom stereocenters. The molecule has 7 nitrogen and oxygen atoms in total. The van der Waals surface area contributed by atoms with Gasteiger partial charge in [-0.2, -0.15) is 0 Å². The number of nitrogens with zero attached hydrogens (tertiary/aromatic N) is 4. The topological polar surface area (TPSA) is 85.9 Å². The van der Waals surface area contributed by atoms with E-state index in [2.05, 4.69) is 15.6 Å². The van der Waals surface area contributed by atoms with Gasteiger partial charge in [-0.3, -0.25) is 14.8 Å². The van der Waals surface area contributed by atoms with Gasteiger partial charge in [0.05, 0.1) is 11.1 Å². The zero-order valence-corrected chi connectivity index (χ0v) is 10.4. The molecule has 1 aromatic heterocycles. The van der Waals surface area contributed by atoms with Gasteiger partial charge in [0.15, 0.2) is 0 Å². The summed E-state index contributed by atoms with van der Waals surface area (Å²) < 4.78 is 1.77. The second-order valence-electron chi connectivity index (χ2n) is 4.12. The molecule has 0 aliphatic carbocycles. The Hall–Kier alpha value is -2.28. The molecule has 2 rings (SSSR count). The summed E-state index contributed by atoms with van der Waals surface area (Å²) in [4.78, 5) is 10.2. The average Bonchev–Trinajstić information content (AvgIpc) is 2.92. The molecular weight excluding hydrogens is 246 g/mol. The van der Waals surface area contributed by atoms with E-state index in [-0.39, 0.29) is 10.6 Å². The predicted molar refractivity (Wildman–Crippen MR) is 69.4 cm³/mol. The highest BCUT2D eigenvalue weighted by molar-refractivity contribution is 5.34. The smallest absolute Gasteiger partial charge is 0.269 e. The van der Waals surface area contributed by atoms with Crippen molar-refractivity contribution in [3.63, 3.8) is 0 Å². The van der Waals surface area contributed by atoms with Gasteiger partial charge in [0, 0.05) is 31.4 Å². The first-order valence-corrected chi connectivity index (χ1v) is 6.04. The molecule has 0 fully saturated rings. The lowest BCUT2D eigenvalue weighted by molar-refractivity contribution is -0.384. The van der Waals surface area contributed by atoms with Crippen LogP contribution < -0.4 is 5.32 Å². The molecule has 1 aromatic carbocycles. The van der Waals surface area contributed by atoms with E-state index in [4.69, 9.17) is 0 Å². The monoisotopic (exact) mass is 261 g/mol. The molecule has 2 aromatic rings. The van der Waals surface area contributed by atoms with Gasteiger partial charge in [-0.1, -0.05) is 17.3 Å². The summed E-state index contributed by atoms with van der Waals surface area (Å²) in [5.41, 5.74) is 1.04. The summed E-state index contributed by atoms with van der Waals surface area (Å²) in [5.74, 6) is 0. The van der Waals surface area contributed by atoms with Crippen molar-refractivity contribution in [3.8, 4) is 0 Å². The maximum Gasteiger partial charge on any atom is 0.269 e. The highest BCUT2D eigenvalue weighted by atomic mass is 16.6. The van der Waals surface area contributed by atoms with Crippen LogP contribution in [0.5, 0.6) is 0 Å². The minimum Gasteiger partial charge on any atom is -0.313 e. The summed E-state index contributed by atoms with van der Waals surface area (Å²) in [6, 6.07) is 6.65. The van der Waals surface area contributed by atoms with E-state index in [1.54, 1.807) is 23.0 Å². The van der Waals surface area contributed by atoms with Crippen LogP contribution in [-0.2, 0) is 13.1 Å². The molecule has 1 N–H and O–H groups in total. The zero-order chi connectivity index (χ0) is 13.5. The summed E-state index contributed by atoms with van der Waals surface area (Å²) >= 11 is 0. The first kappa shape index (κ1) is 13.2. The highest BCUT2D eigenvalue weighted by Crippen LogP contribution is 2.12. The SMILES string of the molecule is O=[N+]([O-])c1cccc(CNCCCn2ccnn2)c1. The van der Waals surface area contributed by atoms with E-state index in [1.165, 1.54) is 6.07 Å². The molecule has 0 amide bonds. The Balaban J connectivity index is 1.70. The molecule has 0 radical (unpaired) electrons. The van der Waals surface area contributed by atoms with Crippen LogP contribution in [0, 0.1) is 10.1 Å². The first-order valence-electron chi connectivity index (χ1n) is 6.04. The van der Waals surface area contributed by atoms with Crippen molar-refractivity contribution in [1.29, 1.82) is 0 Å². The third-order valence-electron chi connectivity index (χ3n) is 2.66. The molecule has 0 saturated carbocycles. The summed E-state index contributed by atoms with van der Waals surface area (Å²) in [7, 11) is 0. The lowest BCUT2D eigenvalue weighted by atomic mass is 10.2. The van der Waals surface area contributed by atoms with E-state index in [0.29, 0.717) is 6.54 Å². The number of nitro groups is 1. The van der Waals surface area contributed by atoms with Crippen molar-refractivity contribution in [2.24, 2.45) is 0 Å². The second kappa shape index (κ2) is 6.60. The fourth-order valence-electron chi connectivity index (χ4n) is 1.73. The maximum atomic E-state index is 10.6. The van der Waals surface area contributed by atoms with Gasteiger partial charge in [-0.25, -0.2) is 0 Å². The number of nitro benzene ring substituents is 1. The molecule has 19 heavy (non-hydrogen) atoms. The molecule has 7 heteroatoms. The van der Waals surface area contributed by atoms with Crippen molar-refractivity contribution < 1.29 is 4.92 Å². The number of aryl methyl sites for hydroxylation is 1.